The first kappa shape index (κ1) is 16.4. The van der Waals surface area contributed by atoms with Gasteiger partial charge < -0.3 is 14.8 Å². The van der Waals surface area contributed by atoms with E-state index in [0.29, 0.717) is 13.0 Å². The first-order valence-corrected chi connectivity index (χ1v) is 8.57. The summed E-state index contributed by atoms with van der Waals surface area (Å²) >= 11 is 0. The van der Waals surface area contributed by atoms with Gasteiger partial charge in [0.25, 0.3) is 5.91 Å². The summed E-state index contributed by atoms with van der Waals surface area (Å²) in [6.07, 6.45) is 1.82. The number of esters is 1. The van der Waals surface area contributed by atoms with E-state index < -0.39 is 27.8 Å². The summed E-state index contributed by atoms with van der Waals surface area (Å²) in [6, 6.07) is 3.95. The van der Waals surface area contributed by atoms with Gasteiger partial charge in [-0.05, 0) is 31.0 Å². The molecule has 7 nitrogen and oxygen atoms in total. The summed E-state index contributed by atoms with van der Waals surface area (Å²) in [5.41, 5.74) is 0.216. The van der Waals surface area contributed by atoms with E-state index in [1.54, 1.807) is 0 Å². The molecule has 1 amide bonds. The molecule has 1 aliphatic heterocycles. The molecule has 0 bridgehead atoms. The van der Waals surface area contributed by atoms with Crippen LogP contribution in [0.4, 0.5) is 5.69 Å². The van der Waals surface area contributed by atoms with Gasteiger partial charge in [-0.1, -0.05) is 0 Å². The second-order valence-electron chi connectivity index (χ2n) is 4.97. The number of benzene rings is 1. The van der Waals surface area contributed by atoms with Gasteiger partial charge in [0.15, 0.2) is 9.84 Å². The zero-order chi connectivity index (χ0) is 16.3. The number of nitrogens with one attached hydrogen (secondary N) is 1. The van der Waals surface area contributed by atoms with E-state index in [0.717, 1.165) is 12.7 Å². The Hall–Kier alpha value is -1.93. The minimum absolute atomic E-state index is 0.0954. The highest BCUT2D eigenvalue weighted by molar-refractivity contribution is 7.90. The standard InChI is InChI=1S/C14H17NO6S/c1-20-14(17)9-5-6-10(12(8-9)22(2,18)19)15-13(16)11-4-3-7-21-11/h5-6,8,11H,3-4,7H2,1-2H3,(H,15,16). The molecule has 0 spiro atoms. The lowest BCUT2D eigenvalue weighted by Gasteiger charge is -2.14. The summed E-state index contributed by atoms with van der Waals surface area (Å²) in [5, 5.41) is 2.55. The van der Waals surface area contributed by atoms with Crippen LogP contribution in [0.2, 0.25) is 0 Å². The molecular weight excluding hydrogens is 310 g/mol. The van der Waals surface area contributed by atoms with Crippen molar-refractivity contribution in [2.75, 3.05) is 25.3 Å². The van der Waals surface area contributed by atoms with Crippen molar-refractivity contribution in [3.8, 4) is 0 Å². The third kappa shape index (κ3) is 3.63. The average Bonchev–Trinajstić information content (AvgIpc) is 3.00. The van der Waals surface area contributed by atoms with Crippen molar-refractivity contribution in [2.45, 2.75) is 23.8 Å². The van der Waals surface area contributed by atoms with Gasteiger partial charge in [0.2, 0.25) is 0 Å². The van der Waals surface area contributed by atoms with Crippen LogP contribution in [0.1, 0.15) is 23.2 Å². The Kier molecular flexibility index (Phi) is 4.82. The number of amides is 1. The highest BCUT2D eigenvalue weighted by Crippen LogP contribution is 2.24. The van der Waals surface area contributed by atoms with Crippen molar-refractivity contribution in [3.05, 3.63) is 23.8 Å². The Morgan fingerprint density at radius 3 is 2.64 bits per heavy atom. The normalized spacial score (nSPS) is 18.0. The van der Waals surface area contributed by atoms with E-state index in [9.17, 15) is 18.0 Å². The first-order chi connectivity index (χ1) is 10.3. The number of sulfone groups is 1. The number of methoxy groups -OCH3 is 1. The van der Waals surface area contributed by atoms with Gasteiger partial charge >= 0.3 is 5.97 Å². The van der Waals surface area contributed by atoms with Crippen molar-refractivity contribution >= 4 is 27.4 Å². The zero-order valence-electron chi connectivity index (χ0n) is 12.3. The molecule has 1 aromatic rings. The Balaban J connectivity index is 2.34. The van der Waals surface area contributed by atoms with Gasteiger partial charge in [0, 0.05) is 12.9 Å². The largest absolute Gasteiger partial charge is 0.465 e. The van der Waals surface area contributed by atoms with Crippen molar-refractivity contribution in [2.24, 2.45) is 0 Å². The maximum atomic E-state index is 12.0. The summed E-state index contributed by atoms with van der Waals surface area (Å²) in [7, 11) is -2.43. The van der Waals surface area contributed by atoms with Crippen molar-refractivity contribution in [3.63, 3.8) is 0 Å². The van der Waals surface area contributed by atoms with Crippen LogP contribution in [0.25, 0.3) is 0 Å². The van der Waals surface area contributed by atoms with Crippen molar-refractivity contribution in [1.29, 1.82) is 0 Å². The molecule has 1 unspecified atom stereocenters. The molecule has 1 heterocycles. The lowest BCUT2D eigenvalue weighted by atomic mass is 10.2. The minimum Gasteiger partial charge on any atom is -0.465 e. The second-order valence-corrected chi connectivity index (χ2v) is 6.95. The molecular formula is C14H17NO6S. The fourth-order valence-corrected chi connectivity index (χ4v) is 3.03. The number of carbonyl (C=O) groups is 2. The van der Waals surface area contributed by atoms with Crippen LogP contribution in [0.5, 0.6) is 0 Å². The monoisotopic (exact) mass is 327 g/mol. The number of hydrogen-bond donors (Lipinski definition) is 1. The zero-order valence-corrected chi connectivity index (χ0v) is 13.1. The third-order valence-corrected chi connectivity index (χ3v) is 4.42. The molecule has 1 aliphatic rings. The van der Waals surface area contributed by atoms with Gasteiger partial charge in [0.1, 0.15) is 6.10 Å². The Morgan fingerprint density at radius 1 is 1.36 bits per heavy atom. The number of carbonyl (C=O) groups excluding carboxylic acids is 2. The Morgan fingerprint density at radius 2 is 2.09 bits per heavy atom. The molecule has 1 atom stereocenters. The lowest BCUT2D eigenvalue weighted by molar-refractivity contribution is -0.124. The highest BCUT2D eigenvalue weighted by atomic mass is 32.2. The number of rotatable bonds is 4. The molecule has 0 radical (unpaired) electrons. The lowest BCUT2D eigenvalue weighted by Crippen LogP contribution is -2.27. The maximum Gasteiger partial charge on any atom is 0.337 e. The van der Waals surface area contributed by atoms with Gasteiger partial charge in [-0.2, -0.15) is 0 Å². The number of ether oxygens (including phenoxy) is 2. The quantitative estimate of drug-likeness (QED) is 0.828. The van der Waals surface area contributed by atoms with Gasteiger partial charge in [-0.15, -0.1) is 0 Å². The van der Waals surface area contributed by atoms with Crippen LogP contribution >= 0.6 is 0 Å². The molecule has 2 rings (SSSR count). The number of anilines is 1. The van der Waals surface area contributed by atoms with Crippen LogP contribution in [-0.2, 0) is 24.1 Å². The third-order valence-electron chi connectivity index (χ3n) is 3.28. The first-order valence-electron chi connectivity index (χ1n) is 6.68. The molecule has 1 aromatic carbocycles. The Labute approximate surface area is 128 Å². The smallest absolute Gasteiger partial charge is 0.337 e. The fourth-order valence-electron chi connectivity index (χ4n) is 2.17. The van der Waals surface area contributed by atoms with E-state index in [1.165, 1.54) is 25.3 Å². The average molecular weight is 327 g/mol. The van der Waals surface area contributed by atoms with Gasteiger partial charge in [0.05, 0.1) is 23.3 Å². The maximum absolute atomic E-state index is 12.0. The van der Waals surface area contributed by atoms with E-state index in [2.05, 4.69) is 10.1 Å². The van der Waals surface area contributed by atoms with E-state index >= 15 is 0 Å². The predicted octanol–water partition coefficient (Wildman–Crippen LogP) is 0.994. The van der Waals surface area contributed by atoms with Crippen LogP contribution < -0.4 is 5.32 Å². The minimum atomic E-state index is -3.63. The van der Waals surface area contributed by atoms with Gasteiger partial charge in [-0.3, -0.25) is 4.79 Å². The summed E-state index contributed by atoms with van der Waals surface area (Å²) in [4.78, 5) is 23.4. The van der Waals surface area contributed by atoms with Crippen LogP contribution in [-0.4, -0.2) is 46.4 Å². The van der Waals surface area contributed by atoms with E-state index in [-0.39, 0.29) is 16.1 Å². The molecule has 0 aromatic heterocycles. The van der Waals surface area contributed by atoms with Gasteiger partial charge in [-0.25, -0.2) is 13.2 Å². The van der Waals surface area contributed by atoms with Crippen molar-refractivity contribution in [1.82, 2.24) is 0 Å². The SMILES string of the molecule is COC(=O)c1ccc(NC(=O)C2CCCO2)c(S(C)(=O)=O)c1. The molecule has 1 N–H and O–H groups in total. The van der Waals surface area contributed by atoms with Crippen LogP contribution in [0.15, 0.2) is 23.1 Å². The topological polar surface area (TPSA) is 98.8 Å². The summed E-state index contributed by atoms with van der Waals surface area (Å²) in [6.45, 7) is 0.512. The second kappa shape index (κ2) is 6.45. The van der Waals surface area contributed by atoms with Crippen LogP contribution in [0, 0.1) is 0 Å². The summed E-state index contributed by atoms with van der Waals surface area (Å²) in [5.74, 6) is -1.05. The molecule has 22 heavy (non-hydrogen) atoms. The van der Waals surface area contributed by atoms with E-state index in [4.69, 9.17) is 4.74 Å². The highest BCUT2D eigenvalue weighted by Gasteiger charge is 2.25. The van der Waals surface area contributed by atoms with E-state index in [1.807, 2.05) is 0 Å². The molecule has 0 aliphatic carbocycles. The fraction of sp³-hybridized carbons (Fsp3) is 0.429. The van der Waals surface area contributed by atoms with Crippen LogP contribution in [0.3, 0.4) is 0 Å². The molecule has 120 valence electrons. The summed E-state index contributed by atoms with van der Waals surface area (Å²) < 4.78 is 33.6. The molecule has 1 fully saturated rings. The molecule has 8 heteroatoms. The Bertz CT molecular complexity index is 691. The number of hydrogen-bond acceptors (Lipinski definition) is 6. The predicted molar refractivity (Wildman–Crippen MR) is 78.5 cm³/mol. The molecule has 1 saturated heterocycles. The van der Waals surface area contributed by atoms with Crippen molar-refractivity contribution < 1.29 is 27.5 Å². The molecule has 0 saturated carbocycles.